The highest BCUT2D eigenvalue weighted by Crippen LogP contribution is 2.40. The molecule has 2 N–H and O–H groups in total. The SMILES string of the molecule is N#Cc1sc2nc(-c3ccccc3)cc(-c3ccccc3)c2c1N. The van der Waals surface area contributed by atoms with E-state index in [9.17, 15) is 5.26 Å². The molecule has 0 aliphatic carbocycles. The minimum Gasteiger partial charge on any atom is -0.396 e. The fourth-order valence-corrected chi connectivity index (χ4v) is 3.72. The molecule has 0 aliphatic rings. The molecule has 4 rings (SSSR count). The predicted octanol–water partition coefficient (Wildman–Crippen LogP) is 5.08. The van der Waals surface area contributed by atoms with Crippen LogP contribution in [-0.2, 0) is 0 Å². The summed E-state index contributed by atoms with van der Waals surface area (Å²) in [6.07, 6.45) is 0. The second kappa shape index (κ2) is 5.80. The van der Waals surface area contributed by atoms with Crippen LogP contribution in [0.25, 0.3) is 32.6 Å². The van der Waals surface area contributed by atoms with Gasteiger partial charge in [-0.2, -0.15) is 5.26 Å². The number of hydrogen-bond acceptors (Lipinski definition) is 4. The highest BCUT2D eigenvalue weighted by molar-refractivity contribution is 7.20. The van der Waals surface area contributed by atoms with Gasteiger partial charge in [-0.3, -0.25) is 0 Å². The predicted molar refractivity (Wildman–Crippen MR) is 99.6 cm³/mol. The van der Waals surface area contributed by atoms with Crippen molar-refractivity contribution in [2.75, 3.05) is 5.73 Å². The lowest BCUT2D eigenvalue weighted by atomic mass is 10.00. The van der Waals surface area contributed by atoms with Crippen molar-refractivity contribution in [3.8, 4) is 28.5 Å². The zero-order valence-corrected chi connectivity index (χ0v) is 13.5. The van der Waals surface area contributed by atoms with E-state index in [1.807, 2.05) is 60.7 Å². The summed E-state index contributed by atoms with van der Waals surface area (Å²) >= 11 is 1.34. The summed E-state index contributed by atoms with van der Waals surface area (Å²) in [5.74, 6) is 0. The summed E-state index contributed by atoms with van der Waals surface area (Å²) in [7, 11) is 0. The van der Waals surface area contributed by atoms with Crippen molar-refractivity contribution in [3.05, 3.63) is 71.6 Å². The third-order valence-corrected chi connectivity index (χ3v) is 4.96. The lowest BCUT2D eigenvalue weighted by molar-refractivity contribution is 1.42. The van der Waals surface area contributed by atoms with E-state index in [2.05, 4.69) is 12.1 Å². The van der Waals surface area contributed by atoms with Gasteiger partial charge < -0.3 is 5.73 Å². The van der Waals surface area contributed by atoms with E-state index in [-0.39, 0.29) is 0 Å². The summed E-state index contributed by atoms with van der Waals surface area (Å²) < 4.78 is 0. The van der Waals surface area contributed by atoms with Crippen molar-refractivity contribution in [3.63, 3.8) is 0 Å². The third kappa shape index (κ3) is 2.32. The van der Waals surface area contributed by atoms with Gasteiger partial charge in [-0.25, -0.2) is 4.98 Å². The maximum Gasteiger partial charge on any atom is 0.130 e. The van der Waals surface area contributed by atoms with Crippen LogP contribution in [0.15, 0.2) is 66.7 Å². The Bertz CT molecular complexity index is 1060. The minimum absolute atomic E-state index is 0.514. The molecule has 0 radical (unpaired) electrons. The maximum atomic E-state index is 9.32. The second-order valence-electron chi connectivity index (χ2n) is 5.42. The Balaban J connectivity index is 2.08. The van der Waals surface area contributed by atoms with Crippen LogP contribution >= 0.6 is 11.3 Å². The van der Waals surface area contributed by atoms with Crippen molar-refractivity contribution in [2.45, 2.75) is 0 Å². The Kier molecular flexibility index (Phi) is 3.49. The van der Waals surface area contributed by atoms with E-state index in [1.165, 1.54) is 11.3 Å². The molecule has 114 valence electrons. The molecule has 0 fully saturated rings. The van der Waals surface area contributed by atoms with E-state index in [1.54, 1.807) is 0 Å². The summed E-state index contributed by atoms with van der Waals surface area (Å²) in [6, 6.07) is 24.3. The monoisotopic (exact) mass is 327 g/mol. The normalized spacial score (nSPS) is 10.6. The highest BCUT2D eigenvalue weighted by Gasteiger charge is 2.17. The Morgan fingerprint density at radius 1 is 0.917 bits per heavy atom. The third-order valence-electron chi connectivity index (χ3n) is 3.95. The molecule has 0 amide bonds. The fourth-order valence-electron chi connectivity index (χ4n) is 2.81. The number of thiophene rings is 1. The molecule has 3 nitrogen and oxygen atoms in total. The number of fused-ring (bicyclic) bond motifs is 1. The summed E-state index contributed by atoms with van der Waals surface area (Å²) in [5, 5.41) is 10.2. The number of benzene rings is 2. The van der Waals surface area contributed by atoms with Crippen molar-refractivity contribution in [1.82, 2.24) is 4.98 Å². The van der Waals surface area contributed by atoms with Crippen LogP contribution in [0.5, 0.6) is 0 Å². The molecule has 0 spiro atoms. The zero-order chi connectivity index (χ0) is 16.5. The smallest absolute Gasteiger partial charge is 0.130 e. The Morgan fingerprint density at radius 2 is 1.54 bits per heavy atom. The Labute approximate surface area is 143 Å². The molecule has 0 bridgehead atoms. The number of pyridine rings is 1. The van der Waals surface area contributed by atoms with E-state index in [0.717, 1.165) is 32.6 Å². The molecule has 0 saturated heterocycles. The van der Waals surface area contributed by atoms with Gasteiger partial charge in [-0.1, -0.05) is 60.7 Å². The van der Waals surface area contributed by atoms with E-state index >= 15 is 0 Å². The number of hydrogen-bond donors (Lipinski definition) is 1. The molecule has 2 aromatic carbocycles. The molecule has 0 saturated carbocycles. The lowest BCUT2D eigenvalue weighted by Gasteiger charge is -2.08. The zero-order valence-electron chi connectivity index (χ0n) is 12.7. The molecular weight excluding hydrogens is 314 g/mol. The molecule has 0 atom stereocenters. The molecule has 0 aliphatic heterocycles. The number of nitriles is 1. The fraction of sp³-hybridized carbons (Fsp3) is 0. The second-order valence-corrected chi connectivity index (χ2v) is 6.42. The first kappa shape index (κ1) is 14.4. The number of rotatable bonds is 2. The molecule has 2 heterocycles. The van der Waals surface area contributed by atoms with Crippen LogP contribution in [0.2, 0.25) is 0 Å². The molecule has 4 aromatic rings. The first-order valence-corrected chi connectivity index (χ1v) is 8.33. The average molecular weight is 327 g/mol. The van der Waals surface area contributed by atoms with E-state index in [0.29, 0.717) is 10.6 Å². The van der Waals surface area contributed by atoms with Gasteiger partial charge >= 0.3 is 0 Å². The number of anilines is 1. The minimum atomic E-state index is 0.514. The Hall–Kier alpha value is -3.16. The Morgan fingerprint density at radius 3 is 2.17 bits per heavy atom. The van der Waals surface area contributed by atoms with Gasteiger partial charge in [-0.05, 0) is 17.2 Å². The molecule has 24 heavy (non-hydrogen) atoms. The molecule has 2 aromatic heterocycles. The molecule has 4 heteroatoms. The highest BCUT2D eigenvalue weighted by atomic mass is 32.1. The number of nitrogens with two attached hydrogens (primary N) is 1. The first-order chi connectivity index (χ1) is 11.8. The number of aromatic nitrogens is 1. The largest absolute Gasteiger partial charge is 0.396 e. The van der Waals surface area contributed by atoms with Crippen molar-refractivity contribution in [2.24, 2.45) is 0 Å². The number of nitrogen functional groups attached to an aromatic ring is 1. The molecular formula is C20H13N3S. The van der Waals surface area contributed by atoms with Crippen LogP contribution in [0, 0.1) is 11.3 Å². The first-order valence-electron chi connectivity index (χ1n) is 7.52. The van der Waals surface area contributed by atoms with Gasteiger partial charge in [0, 0.05) is 10.9 Å². The lowest BCUT2D eigenvalue weighted by Crippen LogP contribution is -1.91. The maximum absolute atomic E-state index is 9.32. The van der Waals surface area contributed by atoms with Gasteiger partial charge in [0.25, 0.3) is 0 Å². The number of nitrogens with zero attached hydrogens (tertiary/aromatic N) is 2. The standard InChI is InChI=1S/C20H13N3S/c21-12-17-19(22)18-15(13-7-3-1-4-8-13)11-16(23-20(18)24-17)14-9-5-2-6-10-14/h1-11H,22H2. The van der Waals surface area contributed by atoms with Gasteiger partial charge in [0.15, 0.2) is 0 Å². The van der Waals surface area contributed by atoms with Gasteiger partial charge in [-0.15, -0.1) is 11.3 Å². The molecule has 0 unspecified atom stereocenters. The van der Waals surface area contributed by atoms with E-state index in [4.69, 9.17) is 10.7 Å². The summed E-state index contributed by atoms with van der Waals surface area (Å²) in [5.41, 5.74) is 10.7. The van der Waals surface area contributed by atoms with Gasteiger partial charge in [0.2, 0.25) is 0 Å². The van der Waals surface area contributed by atoms with Crippen molar-refractivity contribution >= 4 is 27.2 Å². The summed E-state index contributed by atoms with van der Waals surface area (Å²) in [4.78, 5) is 6.06. The van der Waals surface area contributed by atoms with Gasteiger partial charge in [0.05, 0.1) is 11.4 Å². The van der Waals surface area contributed by atoms with Crippen molar-refractivity contribution < 1.29 is 0 Å². The van der Waals surface area contributed by atoms with Crippen molar-refractivity contribution in [1.29, 1.82) is 5.26 Å². The van der Waals surface area contributed by atoms with Crippen LogP contribution in [0.4, 0.5) is 5.69 Å². The van der Waals surface area contributed by atoms with Crippen LogP contribution < -0.4 is 5.73 Å². The van der Waals surface area contributed by atoms with Gasteiger partial charge in [0.1, 0.15) is 15.8 Å². The van der Waals surface area contributed by atoms with E-state index < -0.39 is 0 Å². The summed E-state index contributed by atoms with van der Waals surface area (Å²) in [6.45, 7) is 0. The van der Waals surface area contributed by atoms with Crippen LogP contribution in [0.3, 0.4) is 0 Å². The van der Waals surface area contributed by atoms with Crippen LogP contribution in [-0.4, -0.2) is 4.98 Å². The van der Waals surface area contributed by atoms with Crippen LogP contribution in [0.1, 0.15) is 4.88 Å². The quantitative estimate of drug-likeness (QED) is 0.558. The topological polar surface area (TPSA) is 62.7 Å². The average Bonchev–Trinajstić information content (AvgIpc) is 2.98.